The van der Waals surface area contributed by atoms with E-state index in [-0.39, 0.29) is 5.41 Å². The van der Waals surface area contributed by atoms with E-state index in [1.165, 1.54) is 30.4 Å². The number of carbonyl (C=O) groups is 1. The van der Waals surface area contributed by atoms with Crippen LogP contribution in [0.15, 0.2) is 11.1 Å². The fourth-order valence-corrected chi connectivity index (χ4v) is 3.26. The molecule has 0 aromatic heterocycles. The van der Waals surface area contributed by atoms with Crippen molar-refractivity contribution in [3.8, 4) is 0 Å². The highest BCUT2D eigenvalue weighted by atomic mass is 16.1. The first-order chi connectivity index (χ1) is 6.57. The van der Waals surface area contributed by atoms with Gasteiger partial charge in [0.25, 0.3) is 0 Å². The van der Waals surface area contributed by atoms with Crippen molar-refractivity contribution in [1.82, 2.24) is 0 Å². The van der Waals surface area contributed by atoms with Crippen LogP contribution in [0.25, 0.3) is 0 Å². The van der Waals surface area contributed by atoms with Crippen LogP contribution >= 0.6 is 0 Å². The molecular formula is C13H20O. The van der Waals surface area contributed by atoms with Crippen LogP contribution in [0.4, 0.5) is 0 Å². The Morgan fingerprint density at radius 3 is 2.71 bits per heavy atom. The zero-order valence-corrected chi connectivity index (χ0v) is 9.52. The Kier molecular flexibility index (Phi) is 2.29. The van der Waals surface area contributed by atoms with Gasteiger partial charge in [0.15, 0.2) is 5.78 Å². The number of hydrogen-bond acceptors (Lipinski definition) is 1. The van der Waals surface area contributed by atoms with Gasteiger partial charge in [0.1, 0.15) is 0 Å². The second-order valence-electron chi connectivity index (χ2n) is 5.31. The molecule has 0 N–H and O–H groups in total. The van der Waals surface area contributed by atoms with Crippen LogP contribution in [0.1, 0.15) is 52.9 Å². The molecule has 1 atom stereocenters. The minimum Gasteiger partial charge on any atom is -0.295 e. The zero-order valence-electron chi connectivity index (χ0n) is 9.52. The standard InChI is InChI=1S/C13H20O/c1-4-5-11(14)12-9-6-7-10(8-9)13(12,2)3/h10H,4-8H2,1-3H3. The van der Waals surface area contributed by atoms with Crippen molar-refractivity contribution < 1.29 is 4.79 Å². The number of rotatable bonds is 3. The van der Waals surface area contributed by atoms with Crippen molar-refractivity contribution in [3.63, 3.8) is 0 Å². The molecule has 0 radical (unpaired) electrons. The summed E-state index contributed by atoms with van der Waals surface area (Å²) in [6.45, 7) is 6.60. The minimum absolute atomic E-state index is 0.180. The maximum absolute atomic E-state index is 12.0. The number of ketones is 1. The molecule has 1 fully saturated rings. The first-order valence-electron chi connectivity index (χ1n) is 5.83. The van der Waals surface area contributed by atoms with E-state index in [4.69, 9.17) is 0 Å². The van der Waals surface area contributed by atoms with Gasteiger partial charge >= 0.3 is 0 Å². The summed E-state index contributed by atoms with van der Waals surface area (Å²) in [5, 5.41) is 0. The van der Waals surface area contributed by atoms with Crippen LogP contribution in [0.2, 0.25) is 0 Å². The van der Waals surface area contributed by atoms with Gasteiger partial charge in [-0.2, -0.15) is 0 Å². The van der Waals surface area contributed by atoms with Gasteiger partial charge in [-0.25, -0.2) is 0 Å². The lowest BCUT2D eigenvalue weighted by atomic mass is 9.72. The van der Waals surface area contributed by atoms with Crippen molar-refractivity contribution in [3.05, 3.63) is 11.1 Å². The molecule has 0 aliphatic heterocycles. The summed E-state index contributed by atoms with van der Waals surface area (Å²) < 4.78 is 0. The summed E-state index contributed by atoms with van der Waals surface area (Å²) in [5.74, 6) is 1.18. The number of allylic oxidation sites excluding steroid dienone is 2. The van der Waals surface area contributed by atoms with Crippen LogP contribution in [-0.2, 0) is 4.79 Å². The Labute approximate surface area is 86.6 Å². The Balaban J connectivity index is 2.29. The number of Topliss-reactive ketones (excluding diaryl/α,β-unsaturated/α-hetero) is 1. The molecular weight excluding hydrogens is 172 g/mol. The second kappa shape index (κ2) is 3.22. The minimum atomic E-state index is 0.180. The molecule has 78 valence electrons. The Morgan fingerprint density at radius 1 is 1.50 bits per heavy atom. The molecule has 14 heavy (non-hydrogen) atoms. The molecule has 1 nitrogen and oxygen atoms in total. The predicted molar refractivity (Wildman–Crippen MR) is 58.1 cm³/mol. The fraction of sp³-hybridized carbons (Fsp3) is 0.769. The topological polar surface area (TPSA) is 17.1 Å². The predicted octanol–water partition coefficient (Wildman–Crippen LogP) is 3.49. The molecule has 2 aliphatic rings. The van der Waals surface area contributed by atoms with Gasteiger partial charge in [-0.3, -0.25) is 4.79 Å². The van der Waals surface area contributed by atoms with E-state index in [0.717, 1.165) is 18.8 Å². The number of carbonyl (C=O) groups excluding carboxylic acids is 1. The van der Waals surface area contributed by atoms with Gasteiger partial charge in [0.05, 0.1) is 0 Å². The highest BCUT2D eigenvalue weighted by Gasteiger charge is 2.46. The Morgan fingerprint density at radius 2 is 2.21 bits per heavy atom. The Bertz CT molecular complexity index is 296. The lowest BCUT2D eigenvalue weighted by molar-refractivity contribution is -0.116. The van der Waals surface area contributed by atoms with Gasteiger partial charge < -0.3 is 0 Å². The third-order valence-electron chi connectivity index (χ3n) is 4.06. The van der Waals surface area contributed by atoms with Crippen LogP contribution in [-0.4, -0.2) is 5.78 Å². The number of hydrogen-bond donors (Lipinski definition) is 0. The van der Waals surface area contributed by atoms with Crippen LogP contribution in [0.5, 0.6) is 0 Å². The van der Waals surface area contributed by atoms with Crippen molar-refractivity contribution in [1.29, 1.82) is 0 Å². The van der Waals surface area contributed by atoms with E-state index in [1.807, 2.05) is 0 Å². The quantitative estimate of drug-likeness (QED) is 0.669. The number of fused-ring (bicyclic) bond motifs is 2. The molecule has 0 aromatic carbocycles. The van der Waals surface area contributed by atoms with Gasteiger partial charge in [0.2, 0.25) is 0 Å². The third kappa shape index (κ3) is 1.25. The third-order valence-corrected chi connectivity index (χ3v) is 4.06. The van der Waals surface area contributed by atoms with Crippen LogP contribution in [0, 0.1) is 11.3 Å². The normalized spacial score (nSPS) is 28.6. The zero-order chi connectivity index (χ0) is 10.3. The van der Waals surface area contributed by atoms with E-state index in [1.54, 1.807) is 0 Å². The van der Waals surface area contributed by atoms with Crippen molar-refractivity contribution in [2.75, 3.05) is 0 Å². The first-order valence-corrected chi connectivity index (χ1v) is 5.83. The van der Waals surface area contributed by atoms with E-state index >= 15 is 0 Å². The highest BCUT2D eigenvalue weighted by Crippen LogP contribution is 2.55. The second-order valence-corrected chi connectivity index (χ2v) is 5.31. The molecule has 2 rings (SSSR count). The average Bonchev–Trinajstić information content (AvgIpc) is 2.61. The molecule has 0 saturated heterocycles. The smallest absolute Gasteiger partial charge is 0.159 e. The molecule has 1 unspecified atom stereocenters. The SMILES string of the molecule is CCCC(=O)C1=C2CCC(C2)C1(C)C. The van der Waals surface area contributed by atoms with E-state index in [2.05, 4.69) is 20.8 Å². The lowest BCUT2D eigenvalue weighted by Gasteiger charge is -2.31. The van der Waals surface area contributed by atoms with Crippen molar-refractivity contribution in [2.45, 2.75) is 52.9 Å². The monoisotopic (exact) mass is 192 g/mol. The summed E-state index contributed by atoms with van der Waals surface area (Å²) in [4.78, 5) is 12.0. The summed E-state index contributed by atoms with van der Waals surface area (Å²) in [7, 11) is 0. The Hall–Kier alpha value is -0.590. The van der Waals surface area contributed by atoms with Gasteiger partial charge in [0, 0.05) is 12.0 Å². The van der Waals surface area contributed by atoms with E-state index in [9.17, 15) is 4.79 Å². The summed E-state index contributed by atoms with van der Waals surface area (Å²) in [5.41, 5.74) is 2.87. The first kappa shape index (κ1) is 9.95. The van der Waals surface area contributed by atoms with Crippen molar-refractivity contribution in [2.24, 2.45) is 11.3 Å². The summed E-state index contributed by atoms with van der Waals surface area (Å²) >= 11 is 0. The van der Waals surface area contributed by atoms with Crippen LogP contribution < -0.4 is 0 Å². The molecule has 0 heterocycles. The molecule has 1 heteroatoms. The molecule has 0 spiro atoms. The van der Waals surface area contributed by atoms with Crippen molar-refractivity contribution >= 4 is 5.78 Å². The summed E-state index contributed by atoms with van der Waals surface area (Å²) in [6.07, 6.45) is 5.44. The van der Waals surface area contributed by atoms with E-state index < -0.39 is 0 Å². The van der Waals surface area contributed by atoms with Crippen LogP contribution in [0.3, 0.4) is 0 Å². The molecule has 0 aromatic rings. The molecule has 1 saturated carbocycles. The molecule has 0 amide bonds. The fourth-order valence-electron chi connectivity index (χ4n) is 3.26. The maximum atomic E-state index is 12.0. The summed E-state index contributed by atoms with van der Waals surface area (Å²) in [6, 6.07) is 0. The van der Waals surface area contributed by atoms with Gasteiger partial charge in [-0.15, -0.1) is 0 Å². The highest BCUT2D eigenvalue weighted by molar-refractivity contribution is 5.98. The van der Waals surface area contributed by atoms with E-state index in [0.29, 0.717) is 5.78 Å². The van der Waals surface area contributed by atoms with Gasteiger partial charge in [-0.05, 0) is 37.0 Å². The molecule has 2 aliphatic carbocycles. The van der Waals surface area contributed by atoms with Gasteiger partial charge in [-0.1, -0.05) is 26.3 Å². The maximum Gasteiger partial charge on any atom is 0.159 e. The largest absolute Gasteiger partial charge is 0.295 e. The average molecular weight is 192 g/mol. The lowest BCUT2D eigenvalue weighted by Crippen LogP contribution is -2.26. The molecule has 2 bridgehead atoms.